The second-order valence-corrected chi connectivity index (χ2v) is 6.96. The van der Waals surface area contributed by atoms with Crippen LogP contribution in [0.2, 0.25) is 0 Å². The lowest BCUT2D eigenvalue weighted by Gasteiger charge is -2.16. The van der Waals surface area contributed by atoms with Gasteiger partial charge in [0.25, 0.3) is 0 Å². The van der Waals surface area contributed by atoms with Gasteiger partial charge in [-0.1, -0.05) is 72.8 Å². The fourth-order valence-corrected chi connectivity index (χ4v) is 4.90. The van der Waals surface area contributed by atoms with Crippen LogP contribution in [0.3, 0.4) is 0 Å². The third kappa shape index (κ3) is 1.08. The molecule has 0 amide bonds. The minimum absolute atomic E-state index is 1.36. The Kier molecular flexibility index (Phi) is 1.67. The fraction of sp³-hybridized carbons (Fsp3) is 0. The molecule has 7 aromatic rings. The molecule has 0 spiro atoms. The molecule has 0 nitrogen and oxygen atoms in total. The normalized spacial score (nSPS) is 13.0. The van der Waals surface area contributed by atoms with Crippen molar-refractivity contribution in [2.24, 2.45) is 0 Å². The summed E-state index contributed by atoms with van der Waals surface area (Å²) in [4.78, 5) is 0. The molecule has 0 atom stereocenters. The summed E-state index contributed by atoms with van der Waals surface area (Å²) in [5.74, 6) is 0. The van der Waals surface area contributed by atoms with Crippen molar-refractivity contribution >= 4 is 64.6 Å². The van der Waals surface area contributed by atoms with Crippen LogP contribution in [-0.2, 0) is 0 Å². The first-order chi connectivity index (χ1) is 11.9. The van der Waals surface area contributed by atoms with Crippen LogP contribution in [0.25, 0.3) is 64.6 Å². The van der Waals surface area contributed by atoms with E-state index in [1.165, 1.54) is 64.6 Å². The summed E-state index contributed by atoms with van der Waals surface area (Å²) >= 11 is 0. The number of hydrogen-bond donors (Lipinski definition) is 0. The van der Waals surface area contributed by atoms with Gasteiger partial charge in [-0.2, -0.15) is 0 Å². The van der Waals surface area contributed by atoms with E-state index in [1.807, 2.05) is 0 Å². The van der Waals surface area contributed by atoms with Crippen molar-refractivity contribution < 1.29 is 0 Å². The van der Waals surface area contributed by atoms with Gasteiger partial charge in [0.05, 0.1) is 0 Å². The minimum atomic E-state index is 1.36. The highest BCUT2D eigenvalue weighted by molar-refractivity contribution is 6.31. The lowest BCUT2D eigenvalue weighted by atomic mass is 9.88. The van der Waals surface area contributed by atoms with Gasteiger partial charge in [0.1, 0.15) is 0 Å². The topological polar surface area (TPSA) is 0 Å². The smallest absolute Gasteiger partial charge is 0.00987 e. The first-order valence-electron chi connectivity index (χ1n) is 8.46. The largest absolute Gasteiger partial charge is 0.0531 e. The Hall–Kier alpha value is -3.12. The third-order valence-corrected chi connectivity index (χ3v) is 5.98. The van der Waals surface area contributed by atoms with Gasteiger partial charge in [-0.25, -0.2) is 0 Å². The molecule has 0 aliphatic rings. The van der Waals surface area contributed by atoms with Gasteiger partial charge in [0.15, 0.2) is 0 Å². The first kappa shape index (κ1) is 11.4. The fourth-order valence-electron chi connectivity index (χ4n) is 4.90. The molecule has 0 saturated heterocycles. The van der Waals surface area contributed by atoms with Crippen LogP contribution >= 0.6 is 0 Å². The van der Waals surface area contributed by atoms with Crippen molar-refractivity contribution in [2.45, 2.75) is 0 Å². The van der Waals surface area contributed by atoms with E-state index in [9.17, 15) is 0 Å². The maximum absolute atomic E-state index is 2.31. The third-order valence-electron chi connectivity index (χ3n) is 5.98. The van der Waals surface area contributed by atoms with E-state index >= 15 is 0 Å². The molecular weight excluding hydrogens is 288 g/mol. The zero-order chi connectivity index (χ0) is 15.4. The molecule has 0 aliphatic heterocycles. The second kappa shape index (κ2) is 3.52. The molecule has 0 aromatic heterocycles. The molecular formula is C24H12. The maximum atomic E-state index is 2.31. The van der Waals surface area contributed by atoms with Crippen LogP contribution in [0.1, 0.15) is 0 Å². The summed E-state index contributed by atoms with van der Waals surface area (Å²) in [5, 5.41) is 16.3. The van der Waals surface area contributed by atoms with Crippen LogP contribution < -0.4 is 0 Å². The Labute approximate surface area is 137 Å². The van der Waals surface area contributed by atoms with Crippen molar-refractivity contribution in [1.29, 1.82) is 0 Å². The van der Waals surface area contributed by atoms with Crippen LogP contribution in [0, 0.1) is 0 Å². The maximum Gasteiger partial charge on any atom is -0.00987 e. The Bertz CT molecular complexity index is 1060. The lowest BCUT2D eigenvalue weighted by molar-refractivity contribution is 1.80. The summed E-state index contributed by atoms with van der Waals surface area (Å²) in [5.41, 5.74) is 0. The van der Waals surface area contributed by atoms with Crippen molar-refractivity contribution in [1.82, 2.24) is 0 Å². The lowest BCUT2D eigenvalue weighted by Crippen LogP contribution is -1.88. The zero-order valence-corrected chi connectivity index (χ0v) is 12.9. The predicted octanol–water partition coefficient (Wildman–Crippen LogP) is 6.92. The van der Waals surface area contributed by atoms with E-state index in [4.69, 9.17) is 0 Å². The van der Waals surface area contributed by atoms with E-state index in [0.717, 1.165) is 0 Å². The summed E-state index contributed by atoms with van der Waals surface area (Å²) in [6, 6.07) is 27.7. The van der Waals surface area contributed by atoms with Crippen LogP contribution in [0.4, 0.5) is 0 Å². The van der Waals surface area contributed by atoms with Crippen LogP contribution in [-0.4, -0.2) is 0 Å². The van der Waals surface area contributed by atoms with E-state index < -0.39 is 0 Å². The molecule has 12 bridgehead atoms. The van der Waals surface area contributed by atoms with Gasteiger partial charge >= 0.3 is 0 Å². The Morgan fingerprint density at radius 2 is 0.250 bits per heavy atom. The number of rotatable bonds is 0. The van der Waals surface area contributed by atoms with Gasteiger partial charge in [-0.3, -0.25) is 0 Å². The van der Waals surface area contributed by atoms with E-state index in [-0.39, 0.29) is 0 Å². The highest BCUT2D eigenvalue weighted by atomic mass is 14.2. The Morgan fingerprint density at radius 3 is 0.333 bits per heavy atom. The first-order valence-corrected chi connectivity index (χ1v) is 8.46. The molecule has 0 heteroatoms. The summed E-state index contributed by atoms with van der Waals surface area (Å²) in [7, 11) is 0. The van der Waals surface area contributed by atoms with Gasteiger partial charge in [-0.05, 0) is 64.6 Å². The molecule has 0 saturated carbocycles. The van der Waals surface area contributed by atoms with E-state index in [1.54, 1.807) is 0 Å². The van der Waals surface area contributed by atoms with Crippen LogP contribution in [0.5, 0.6) is 0 Å². The average molecular weight is 300 g/mol. The van der Waals surface area contributed by atoms with Crippen LogP contribution in [0.15, 0.2) is 72.8 Å². The molecule has 0 fully saturated rings. The highest BCUT2D eigenvalue weighted by Gasteiger charge is 2.14. The van der Waals surface area contributed by atoms with Crippen molar-refractivity contribution in [2.75, 3.05) is 0 Å². The Balaban J connectivity index is 2.13. The van der Waals surface area contributed by atoms with E-state index in [0.29, 0.717) is 0 Å². The molecule has 0 aliphatic carbocycles. The molecule has 0 N–H and O–H groups in total. The zero-order valence-electron chi connectivity index (χ0n) is 12.9. The van der Waals surface area contributed by atoms with E-state index in [2.05, 4.69) is 72.8 Å². The number of hydrogen-bond acceptors (Lipinski definition) is 0. The van der Waals surface area contributed by atoms with Gasteiger partial charge in [0, 0.05) is 0 Å². The SMILES string of the molecule is c1cc2c3ccc4c2ccc2c5ccc6c1c3ccc6c5ccc42. The molecule has 108 valence electrons. The summed E-state index contributed by atoms with van der Waals surface area (Å²) in [6.45, 7) is 0. The van der Waals surface area contributed by atoms with Gasteiger partial charge in [-0.15, -0.1) is 0 Å². The average Bonchev–Trinajstić information content (AvgIpc) is 2.64. The van der Waals surface area contributed by atoms with Gasteiger partial charge < -0.3 is 0 Å². The second-order valence-electron chi connectivity index (χ2n) is 6.96. The summed E-state index contributed by atoms with van der Waals surface area (Å²) in [6.07, 6.45) is 0. The van der Waals surface area contributed by atoms with Crippen molar-refractivity contribution in [3.8, 4) is 0 Å². The minimum Gasteiger partial charge on any atom is -0.0531 e. The Morgan fingerprint density at radius 1 is 0.167 bits per heavy atom. The molecule has 0 heterocycles. The van der Waals surface area contributed by atoms with Crippen molar-refractivity contribution in [3.05, 3.63) is 72.8 Å². The monoisotopic (exact) mass is 300 g/mol. The molecule has 0 unspecified atom stereocenters. The van der Waals surface area contributed by atoms with Gasteiger partial charge in [0.2, 0.25) is 0 Å². The predicted molar refractivity (Wildman–Crippen MR) is 105 cm³/mol. The number of benzene rings is 6. The summed E-state index contributed by atoms with van der Waals surface area (Å²) < 4.78 is 0. The molecule has 7 aromatic carbocycles. The standard InChI is InChI=1S/C24H12/c1-2-14-17-7-9-20-18(14)8-10-24-22-6-4-16-13(1)15(17)3-5-19(16)21(22)11-12-23(20)24/h1-12H. The quantitative estimate of drug-likeness (QED) is 0.267. The van der Waals surface area contributed by atoms with Crippen molar-refractivity contribution in [3.63, 3.8) is 0 Å². The highest BCUT2D eigenvalue weighted by Crippen LogP contribution is 2.42. The molecule has 24 heavy (non-hydrogen) atoms. The molecule has 0 radical (unpaired) electrons. The molecule has 7 rings (SSSR count).